The summed E-state index contributed by atoms with van der Waals surface area (Å²) in [6.45, 7) is 4.76. The summed E-state index contributed by atoms with van der Waals surface area (Å²) in [5.74, 6) is 2.51. The Morgan fingerprint density at radius 1 is 1.19 bits per heavy atom. The van der Waals surface area contributed by atoms with Gasteiger partial charge >= 0.3 is 0 Å². The molecule has 2 N–H and O–H groups in total. The minimum absolute atomic E-state index is 0.0445. The highest BCUT2D eigenvalue weighted by atomic mass is 35.5. The van der Waals surface area contributed by atoms with E-state index >= 15 is 0 Å². The van der Waals surface area contributed by atoms with Crippen LogP contribution in [0.15, 0.2) is 35.1 Å². The molecule has 0 amide bonds. The van der Waals surface area contributed by atoms with Gasteiger partial charge in [0.1, 0.15) is 22.4 Å². The van der Waals surface area contributed by atoms with Crippen molar-refractivity contribution in [3.8, 4) is 11.4 Å². The topological polar surface area (TPSA) is 122 Å². The molecule has 0 spiro atoms. The van der Waals surface area contributed by atoms with Crippen LogP contribution in [-0.2, 0) is 6.42 Å². The van der Waals surface area contributed by atoms with Gasteiger partial charge in [0.05, 0.1) is 11.7 Å². The predicted octanol–water partition coefficient (Wildman–Crippen LogP) is 4.25. The van der Waals surface area contributed by atoms with Gasteiger partial charge in [-0.25, -0.2) is 4.98 Å². The predicted molar refractivity (Wildman–Crippen MR) is 120 cm³/mol. The number of anilines is 3. The third-order valence-corrected chi connectivity index (χ3v) is 5.56. The minimum atomic E-state index is -0.0445. The summed E-state index contributed by atoms with van der Waals surface area (Å²) in [4.78, 5) is 20.1. The summed E-state index contributed by atoms with van der Waals surface area (Å²) in [5.41, 5.74) is 3.26. The number of nitrogens with one attached hydrogen (secondary N) is 2. The Morgan fingerprint density at radius 2 is 2.06 bits per heavy atom. The van der Waals surface area contributed by atoms with E-state index in [1.807, 2.05) is 26.0 Å². The number of nitrogens with zero attached hydrogens (tertiary/aromatic N) is 7. The molecule has 0 aliphatic carbocycles. The maximum absolute atomic E-state index is 6.31. The molecule has 1 aliphatic rings. The zero-order valence-corrected chi connectivity index (χ0v) is 18.5. The Labute approximate surface area is 189 Å². The van der Waals surface area contributed by atoms with Crippen LogP contribution in [-0.4, -0.2) is 41.8 Å². The van der Waals surface area contributed by atoms with Crippen molar-refractivity contribution in [1.82, 2.24) is 35.3 Å². The molecular weight excluding hydrogens is 430 g/mol. The van der Waals surface area contributed by atoms with Crippen LogP contribution in [0.3, 0.4) is 0 Å². The van der Waals surface area contributed by atoms with Crippen LogP contribution in [0.25, 0.3) is 11.4 Å². The van der Waals surface area contributed by atoms with Crippen molar-refractivity contribution in [3.05, 3.63) is 52.9 Å². The van der Waals surface area contributed by atoms with Crippen LogP contribution < -0.4 is 10.2 Å². The normalized spacial score (nSPS) is 16.0. The number of aromatic amines is 1. The number of aryl methyl sites for hydroxylation is 2. The van der Waals surface area contributed by atoms with E-state index in [9.17, 15) is 0 Å². The van der Waals surface area contributed by atoms with Gasteiger partial charge < -0.3 is 14.7 Å². The molecule has 1 fully saturated rings. The first-order valence-corrected chi connectivity index (χ1v) is 10.9. The molecule has 0 radical (unpaired) electrons. The summed E-state index contributed by atoms with van der Waals surface area (Å²) in [6, 6.07) is 5.45. The monoisotopic (exact) mass is 451 g/mol. The fraction of sp³-hybridized carbons (Fsp3) is 0.333. The molecular formula is C21H22ClN9O. The molecule has 1 saturated heterocycles. The number of hydrogen-bond acceptors (Lipinski definition) is 9. The third-order valence-electron chi connectivity index (χ3n) is 5.36. The zero-order chi connectivity index (χ0) is 22.1. The maximum Gasteiger partial charge on any atom is 0.229 e. The molecule has 5 rings (SSSR count). The van der Waals surface area contributed by atoms with E-state index in [0.29, 0.717) is 28.4 Å². The molecule has 0 unspecified atom stereocenters. The van der Waals surface area contributed by atoms with Crippen LogP contribution in [0.1, 0.15) is 43.0 Å². The van der Waals surface area contributed by atoms with Gasteiger partial charge in [-0.05, 0) is 26.2 Å². The summed E-state index contributed by atoms with van der Waals surface area (Å²) in [7, 11) is 0. The maximum atomic E-state index is 6.31. The molecule has 1 atom stereocenters. The van der Waals surface area contributed by atoms with Gasteiger partial charge in [0, 0.05) is 42.8 Å². The lowest BCUT2D eigenvalue weighted by molar-refractivity contribution is 0.362. The Morgan fingerprint density at radius 3 is 2.88 bits per heavy atom. The lowest BCUT2D eigenvalue weighted by Gasteiger charge is -2.23. The highest BCUT2D eigenvalue weighted by Crippen LogP contribution is 2.37. The summed E-state index contributed by atoms with van der Waals surface area (Å²) >= 11 is 6.31. The van der Waals surface area contributed by atoms with Crippen molar-refractivity contribution in [2.24, 2.45) is 0 Å². The largest absolute Gasteiger partial charge is 0.358 e. The van der Waals surface area contributed by atoms with E-state index in [4.69, 9.17) is 16.1 Å². The van der Waals surface area contributed by atoms with Gasteiger partial charge in [-0.3, -0.25) is 15.1 Å². The van der Waals surface area contributed by atoms with E-state index in [-0.39, 0.29) is 6.04 Å². The van der Waals surface area contributed by atoms with Crippen molar-refractivity contribution in [3.63, 3.8) is 0 Å². The second kappa shape index (κ2) is 8.54. The third kappa shape index (κ3) is 4.01. The van der Waals surface area contributed by atoms with Crippen LogP contribution in [0, 0.1) is 6.92 Å². The molecule has 0 aromatic carbocycles. The molecule has 10 nitrogen and oxygen atoms in total. The lowest BCUT2D eigenvalue weighted by Crippen LogP contribution is -2.24. The van der Waals surface area contributed by atoms with Crippen molar-refractivity contribution in [2.45, 2.75) is 39.2 Å². The molecule has 11 heteroatoms. The van der Waals surface area contributed by atoms with E-state index in [1.54, 1.807) is 18.5 Å². The van der Waals surface area contributed by atoms with Crippen LogP contribution in [0.2, 0.25) is 5.15 Å². The van der Waals surface area contributed by atoms with Crippen molar-refractivity contribution in [1.29, 1.82) is 0 Å². The molecule has 0 saturated carbocycles. The minimum Gasteiger partial charge on any atom is -0.358 e. The molecule has 5 heterocycles. The van der Waals surface area contributed by atoms with Crippen molar-refractivity contribution >= 4 is 29.2 Å². The first-order chi connectivity index (χ1) is 15.6. The fourth-order valence-corrected chi connectivity index (χ4v) is 4.09. The van der Waals surface area contributed by atoms with E-state index in [0.717, 1.165) is 48.6 Å². The van der Waals surface area contributed by atoms with Gasteiger partial charge in [0.25, 0.3) is 0 Å². The number of aromatic nitrogens is 7. The number of rotatable bonds is 6. The molecule has 4 aromatic rings. The molecule has 4 aromatic heterocycles. The Balaban J connectivity index is 1.42. The average Bonchev–Trinajstić information content (AvgIpc) is 3.54. The molecule has 1 aliphatic heterocycles. The Bertz CT molecular complexity index is 1240. The van der Waals surface area contributed by atoms with Gasteiger partial charge in [-0.15, -0.1) is 0 Å². The second-order valence-corrected chi connectivity index (χ2v) is 8.00. The Hall–Kier alpha value is -3.53. The Kier molecular flexibility index (Phi) is 5.44. The highest BCUT2D eigenvalue weighted by molar-refractivity contribution is 6.29. The fourth-order valence-electron chi connectivity index (χ4n) is 3.91. The second-order valence-electron chi connectivity index (χ2n) is 7.61. The van der Waals surface area contributed by atoms with Crippen molar-refractivity contribution in [2.75, 3.05) is 16.8 Å². The highest BCUT2D eigenvalue weighted by Gasteiger charge is 2.32. The van der Waals surface area contributed by atoms with Crippen LogP contribution in [0.5, 0.6) is 0 Å². The van der Waals surface area contributed by atoms with Crippen molar-refractivity contribution < 1.29 is 4.52 Å². The summed E-state index contributed by atoms with van der Waals surface area (Å²) in [5, 5.41) is 14.9. The molecule has 32 heavy (non-hydrogen) atoms. The summed E-state index contributed by atoms with van der Waals surface area (Å²) in [6.07, 6.45) is 5.99. The first-order valence-electron chi connectivity index (χ1n) is 10.5. The smallest absolute Gasteiger partial charge is 0.229 e. The van der Waals surface area contributed by atoms with E-state index < -0.39 is 0 Å². The number of halogens is 1. The SMILES string of the molecule is CCc1nccnc1-c1cc([C@@H]2CCCN2c2nc(Cl)cc(Nc3cc(C)[nH]n3)n2)on1. The quantitative estimate of drug-likeness (QED) is 0.414. The number of hydrogen-bond donors (Lipinski definition) is 2. The zero-order valence-electron chi connectivity index (χ0n) is 17.7. The van der Waals surface area contributed by atoms with Crippen LogP contribution in [0.4, 0.5) is 17.6 Å². The summed E-state index contributed by atoms with van der Waals surface area (Å²) < 4.78 is 5.74. The van der Waals surface area contributed by atoms with Gasteiger partial charge in [-0.1, -0.05) is 23.7 Å². The first kappa shape index (κ1) is 20.4. The standard InChI is InChI=1S/C21H22ClN9O/c1-3-13-20(24-7-6-23-13)14-10-16(32-30-14)15-5-4-8-31(15)21-25-17(22)11-18(27-21)26-19-9-12(2)28-29-19/h6-7,9-11,15H,3-5,8H2,1-2H3,(H2,25,26,27,28,29)/t15-/m0/s1. The lowest BCUT2D eigenvalue weighted by atomic mass is 10.1. The molecule has 0 bridgehead atoms. The number of H-pyrrole nitrogens is 1. The van der Waals surface area contributed by atoms with E-state index in [2.05, 4.69) is 45.5 Å². The molecule has 164 valence electrons. The average molecular weight is 452 g/mol. The van der Waals surface area contributed by atoms with E-state index in [1.165, 1.54) is 0 Å². The van der Waals surface area contributed by atoms with Gasteiger partial charge in [0.2, 0.25) is 5.95 Å². The van der Waals surface area contributed by atoms with Gasteiger partial charge in [-0.2, -0.15) is 10.1 Å². The van der Waals surface area contributed by atoms with Crippen LogP contribution >= 0.6 is 11.6 Å². The van der Waals surface area contributed by atoms with Gasteiger partial charge in [0.15, 0.2) is 11.6 Å².